The maximum absolute atomic E-state index is 12.8. The molecule has 124 valence electrons. The van der Waals surface area contributed by atoms with E-state index in [0.717, 1.165) is 12.0 Å². The van der Waals surface area contributed by atoms with Gasteiger partial charge in [-0.05, 0) is 103 Å². The number of imide groups is 1. The van der Waals surface area contributed by atoms with Crippen LogP contribution in [0.1, 0.15) is 41.0 Å². The first kappa shape index (κ1) is 20.1. The molecule has 9 heteroatoms. The molecule has 1 aromatic carbocycles. The predicted octanol–water partition coefficient (Wildman–Crippen LogP) is 4.20. The van der Waals surface area contributed by atoms with Gasteiger partial charge in [-0.3, -0.25) is 14.5 Å². The number of carboxylic acids is 1. The summed E-state index contributed by atoms with van der Waals surface area (Å²) in [6, 6.07) is -1.13. The highest BCUT2D eigenvalue weighted by atomic mass is 127. The minimum Gasteiger partial charge on any atom is -0.480 e. The first-order chi connectivity index (χ1) is 10.6. The van der Waals surface area contributed by atoms with E-state index in [9.17, 15) is 19.5 Å². The van der Waals surface area contributed by atoms with Gasteiger partial charge in [0.05, 0.1) is 11.1 Å². The Kier molecular flexibility index (Phi) is 6.59. The number of carbonyl (C=O) groups is 3. The number of halogens is 4. The van der Waals surface area contributed by atoms with Crippen LogP contribution in [0.15, 0.2) is 0 Å². The van der Waals surface area contributed by atoms with E-state index >= 15 is 0 Å². The molecule has 1 N–H and O–H groups in total. The van der Waals surface area contributed by atoms with Gasteiger partial charge >= 0.3 is 5.97 Å². The van der Waals surface area contributed by atoms with Crippen LogP contribution < -0.4 is 0 Å². The van der Waals surface area contributed by atoms with Crippen molar-refractivity contribution in [1.82, 2.24) is 4.90 Å². The number of hydrogen-bond donors (Lipinski definition) is 1. The molecule has 0 bridgehead atoms. The molecule has 1 aliphatic rings. The highest BCUT2D eigenvalue weighted by Gasteiger charge is 2.46. The fraction of sp³-hybridized carbons (Fsp3) is 0.357. The van der Waals surface area contributed by atoms with E-state index in [1.165, 1.54) is 0 Å². The number of rotatable bonds is 4. The summed E-state index contributed by atoms with van der Waals surface area (Å²) in [7, 11) is 0. The summed E-state index contributed by atoms with van der Waals surface area (Å²) in [6.45, 7) is 3.74. The molecule has 0 spiro atoms. The lowest BCUT2D eigenvalue weighted by Crippen LogP contribution is -2.45. The van der Waals surface area contributed by atoms with Gasteiger partial charge in [-0.15, -0.1) is 0 Å². The molecule has 1 atom stereocenters. The third kappa shape index (κ3) is 3.52. The van der Waals surface area contributed by atoms with Crippen molar-refractivity contribution in [2.45, 2.75) is 26.3 Å². The molecular formula is C14H11I4NO4. The molecule has 2 rings (SSSR count). The zero-order valence-electron chi connectivity index (χ0n) is 12.0. The van der Waals surface area contributed by atoms with Crippen LogP contribution in [0.2, 0.25) is 0 Å². The third-order valence-corrected chi connectivity index (χ3v) is 10.8. The molecule has 1 unspecified atom stereocenters. The normalized spacial score (nSPS) is 15.3. The van der Waals surface area contributed by atoms with Gasteiger partial charge < -0.3 is 5.11 Å². The Morgan fingerprint density at radius 2 is 1.35 bits per heavy atom. The fourth-order valence-electron chi connectivity index (χ4n) is 2.41. The van der Waals surface area contributed by atoms with Gasteiger partial charge in [0, 0.05) is 14.3 Å². The number of carbonyl (C=O) groups excluding carboxylic acids is 2. The number of benzene rings is 1. The Hall–Kier alpha value is 0.750. The topological polar surface area (TPSA) is 74.7 Å². The second-order valence-electron chi connectivity index (χ2n) is 5.47. The van der Waals surface area contributed by atoms with Gasteiger partial charge in [-0.2, -0.15) is 0 Å². The average molecular weight is 765 g/mol. The van der Waals surface area contributed by atoms with Crippen molar-refractivity contribution >= 4 is 108 Å². The van der Waals surface area contributed by atoms with E-state index in [4.69, 9.17) is 0 Å². The monoisotopic (exact) mass is 765 g/mol. The van der Waals surface area contributed by atoms with E-state index in [-0.39, 0.29) is 12.3 Å². The van der Waals surface area contributed by atoms with Crippen LogP contribution in [-0.4, -0.2) is 33.8 Å². The van der Waals surface area contributed by atoms with E-state index in [1.807, 2.05) is 13.8 Å². The van der Waals surface area contributed by atoms with Crippen molar-refractivity contribution in [3.05, 3.63) is 25.4 Å². The summed E-state index contributed by atoms with van der Waals surface area (Å²) in [5, 5.41) is 9.49. The highest BCUT2D eigenvalue weighted by Crippen LogP contribution is 2.38. The second kappa shape index (κ2) is 7.55. The fourth-order valence-corrected chi connectivity index (χ4v) is 6.06. The van der Waals surface area contributed by atoms with Crippen LogP contribution in [0, 0.1) is 20.2 Å². The van der Waals surface area contributed by atoms with E-state index in [0.29, 0.717) is 18.3 Å². The van der Waals surface area contributed by atoms with Crippen molar-refractivity contribution in [2.75, 3.05) is 0 Å². The maximum atomic E-state index is 12.8. The van der Waals surface area contributed by atoms with Crippen molar-refractivity contribution in [3.63, 3.8) is 0 Å². The molecule has 5 nitrogen and oxygen atoms in total. The second-order valence-corrected chi connectivity index (χ2v) is 9.78. The molecule has 2 amide bonds. The molecule has 0 aromatic heterocycles. The number of fused-ring (bicyclic) bond motifs is 1. The summed E-state index contributed by atoms with van der Waals surface area (Å²) >= 11 is 8.39. The van der Waals surface area contributed by atoms with Gasteiger partial charge in [0.2, 0.25) is 0 Å². The van der Waals surface area contributed by atoms with E-state index in [1.54, 1.807) is 0 Å². The van der Waals surface area contributed by atoms with Gasteiger partial charge in [0.1, 0.15) is 6.04 Å². The number of amides is 2. The molecule has 23 heavy (non-hydrogen) atoms. The number of carboxylic acid groups (broad SMARTS) is 1. The van der Waals surface area contributed by atoms with Crippen molar-refractivity contribution in [1.29, 1.82) is 0 Å². The van der Waals surface area contributed by atoms with Crippen LogP contribution in [0.4, 0.5) is 0 Å². The molecule has 0 saturated carbocycles. The minimum atomic E-state index is -1.15. The van der Waals surface area contributed by atoms with Gasteiger partial charge in [-0.1, -0.05) is 13.8 Å². The lowest BCUT2D eigenvalue weighted by Gasteiger charge is -2.23. The van der Waals surface area contributed by atoms with Crippen LogP contribution in [0.3, 0.4) is 0 Å². The van der Waals surface area contributed by atoms with Crippen LogP contribution >= 0.6 is 90.4 Å². The lowest BCUT2D eigenvalue weighted by atomic mass is 10.0. The molecule has 0 radical (unpaired) electrons. The van der Waals surface area contributed by atoms with Crippen molar-refractivity contribution in [2.24, 2.45) is 5.92 Å². The third-order valence-electron chi connectivity index (χ3n) is 3.42. The van der Waals surface area contributed by atoms with Crippen molar-refractivity contribution < 1.29 is 19.5 Å². The maximum Gasteiger partial charge on any atom is 0.326 e. The van der Waals surface area contributed by atoms with Gasteiger partial charge in [0.25, 0.3) is 11.8 Å². The molecule has 1 aromatic rings. The largest absolute Gasteiger partial charge is 0.480 e. The average Bonchev–Trinajstić information content (AvgIpc) is 2.71. The molecule has 1 heterocycles. The number of aliphatic carboxylic acids is 1. The van der Waals surface area contributed by atoms with E-state index in [2.05, 4.69) is 90.4 Å². The zero-order valence-corrected chi connectivity index (χ0v) is 20.6. The Balaban J connectivity index is 2.64. The first-order valence-corrected chi connectivity index (χ1v) is 10.9. The SMILES string of the molecule is CC(C)CC(C(=O)O)N1C(=O)c2c(I)c(I)c(I)c(I)c2C1=O. The number of nitrogens with zero attached hydrogens (tertiary/aromatic N) is 1. The van der Waals surface area contributed by atoms with Gasteiger partial charge in [0.15, 0.2) is 0 Å². The Bertz CT molecular complexity index is 685. The Morgan fingerprint density at radius 1 is 0.957 bits per heavy atom. The Labute approximate surface area is 187 Å². The zero-order chi connectivity index (χ0) is 17.6. The van der Waals surface area contributed by atoms with Crippen LogP contribution in [0.25, 0.3) is 0 Å². The molecule has 0 aliphatic carbocycles. The molecule has 1 aliphatic heterocycles. The summed E-state index contributed by atoms with van der Waals surface area (Å²) in [4.78, 5) is 38.1. The summed E-state index contributed by atoms with van der Waals surface area (Å²) in [5.74, 6) is -2.11. The smallest absolute Gasteiger partial charge is 0.326 e. The summed E-state index contributed by atoms with van der Waals surface area (Å²) < 4.78 is 3.23. The quantitative estimate of drug-likeness (QED) is 0.216. The standard InChI is InChI=1S/C14H11I4NO4/c1-4(2)3-5(14(22)23)19-12(20)6-7(13(19)21)9(16)11(18)10(17)8(6)15/h4-5H,3H2,1-2H3,(H,22,23). The Morgan fingerprint density at radius 3 is 1.65 bits per heavy atom. The van der Waals surface area contributed by atoms with E-state index < -0.39 is 23.8 Å². The molecule has 0 saturated heterocycles. The first-order valence-electron chi connectivity index (χ1n) is 6.56. The summed E-state index contributed by atoms with van der Waals surface area (Å²) in [5.41, 5.74) is 0.666. The molecular weight excluding hydrogens is 754 g/mol. The highest BCUT2D eigenvalue weighted by molar-refractivity contribution is 14.1. The summed E-state index contributed by atoms with van der Waals surface area (Å²) in [6.07, 6.45) is 0.238. The van der Waals surface area contributed by atoms with Gasteiger partial charge in [-0.25, -0.2) is 4.79 Å². The van der Waals surface area contributed by atoms with Crippen LogP contribution in [0.5, 0.6) is 0 Å². The minimum absolute atomic E-state index is 0.0545. The van der Waals surface area contributed by atoms with Crippen LogP contribution in [-0.2, 0) is 4.79 Å². The van der Waals surface area contributed by atoms with Crippen molar-refractivity contribution in [3.8, 4) is 0 Å². The molecule has 0 fully saturated rings. The predicted molar refractivity (Wildman–Crippen MR) is 119 cm³/mol. The lowest BCUT2D eigenvalue weighted by molar-refractivity contribution is -0.142. The number of hydrogen-bond acceptors (Lipinski definition) is 3.